The number of rotatable bonds is 7. The van der Waals surface area contributed by atoms with Crippen molar-refractivity contribution >= 4 is 32.6 Å². The molecular weight excluding hydrogens is 811 g/mol. The number of aromatic nitrogens is 3. The summed E-state index contributed by atoms with van der Waals surface area (Å²) in [6.45, 7) is 0. The Kier molecular flexibility index (Phi) is 9.07. The third-order valence-corrected chi connectivity index (χ3v) is 13.8. The minimum absolute atomic E-state index is 0.484. The average Bonchev–Trinajstić information content (AvgIpc) is 3.70. The average molecular weight is 852 g/mol. The molecule has 2 heterocycles. The van der Waals surface area contributed by atoms with Crippen molar-refractivity contribution in [1.29, 1.82) is 0 Å². The molecule has 3 nitrogen and oxygen atoms in total. The molecule has 312 valence electrons. The Morgan fingerprint density at radius 3 is 1.31 bits per heavy atom. The van der Waals surface area contributed by atoms with E-state index in [4.69, 9.17) is 15.0 Å². The van der Waals surface area contributed by atoms with Crippen LogP contribution in [0.15, 0.2) is 249 Å². The van der Waals surface area contributed by atoms with Gasteiger partial charge in [0.05, 0.1) is 27.8 Å². The smallest absolute Gasteiger partial charge is 0.160 e. The van der Waals surface area contributed by atoms with Crippen LogP contribution >= 0.6 is 0 Å². The van der Waals surface area contributed by atoms with E-state index in [1.54, 1.807) is 0 Å². The summed E-state index contributed by atoms with van der Waals surface area (Å²) in [5, 5.41) is 4.52. The summed E-state index contributed by atoms with van der Waals surface area (Å²) in [4.78, 5) is 15.6. The maximum atomic E-state index is 5.42. The van der Waals surface area contributed by atoms with E-state index in [1.165, 1.54) is 49.9 Å². The predicted molar refractivity (Wildman–Crippen MR) is 277 cm³/mol. The number of hydrogen-bond acceptors (Lipinski definition) is 3. The zero-order valence-electron chi connectivity index (χ0n) is 36.5. The fourth-order valence-electron chi connectivity index (χ4n) is 10.6. The van der Waals surface area contributed by atoms with Gasteiger partial charge in [-0.25, -0.2) is 15.0 Å². The van der Waals surface area contributed by atoms with Gasteiger partial charge in [0.25, 0.3) is 0 Å². The van der Waals surface area contributed by atoms with Gasteiger partial charge in [-0.05, 0) is 85.3 Å². The first-order chi connectivity index (χ1) is 33.2. The molecule has 0 amide bonds. The molecule has 0 aliphatic heterocycles. The minimum Gasteiger partial charge on any atom is -0.247 e. The molecule has 13 rings (SSSR count). The molecule has 10 aromatic carbocycles. The van der Waals surface area contributed by atoms with Crippen LogP contribution in [0.2, 0.25) is 0 Å². The van der Waals surface area contributed by atoms with E-state index in [9.17, 15) is 0 Å². The lowest BCUT2D eigenvalue weighted by atomic mass is 9.67. The molecule has 67 heavy (non-hydrogen) atoms. The molecule has 0 saturated heterocycles. The zero-order chi connectivity index (χ0) is 44.3. The summed E-state index contributed by atoms with van der Waals surface area (Å²) >= 11 is 0. The second-order valence-electron chi connectivity index (χ2n) is 17.5. The number of para-hydroxylation sites is 2. The van der Waals surface area contributed by atoms with Crippen molar-refractivity contribution < 1.29 is 0 Å². The summed E-state index contributed by atoms with van der Waals surface area (Å²) in [5.74, 6) is 0.712. The van der Waals surface area contributed by atoms with Crippen LogP contribution in [0.25, 0.3) is 99.9 Å². The second-order valence-corrected chi connectivity index (χ2v) is 17.5. The third kappa shape index (κ3) is 6.31. The van der Waals surface area contributed by atoms with Crippen LogP contribution < -0.4 is 0 Å². The molecule has 0 N–H and O–H groups in total. The Bertz CT molecular complexity index is 3770. The van der Waals surface area contributed by atoms with Gasteiger partial charge in [0.15, 0.2) is 5.82 Å². The van der Waals surface area contributed by atoms with Crippen LogP contribution in [-0.4, -0.2) is 15.0 Å². The van der Waals surface area contributed by atoms with Crippen LogP contribution in [0.3, 0.4) is 0 Å². The molecule has 1 aliphatic carbocycles. The lowest BCUT2D eigenvalue weighted by Crippen LogP contribution is -2.28. The summed E-state index contributed by atoms with van der Waals surface area (Å²) in [6.07, 6.45) is 0. The van der Waals surface area contributed by atoms with Gasteiger partial charge in [0, 0.05) is 32.8 Å². The number of benzene rings is 10. The van der Waals surface area contributed by atoms with E-state index >= 15 is 0 Å². The predicted octanol–water partition coefficient (Wildman–Crippen LogP) is 16.0. The van der Waals surface area contributed by atoms with E-state index in [-0.39, 0.29) is 0 Å². The summed E-state index contributed by atoms with van der Waals surface area (Å²) in [7, 11) is 0. The SMILES string of the molecule is c1ccc(-c2ccc(-c3nc(-c4ccc(-c5ccc(-c6nc7ccccc7c7cc8c(cc67)-c6ccccc6C8(c6ccccc6)c6ccccc6)cc5)cc4)c4ccccc4n3)cc2)cc1. The van der Waals surface area contributed by atoms with Crippen molar-refractivity contribution in [3.8, 4) is 67.3 Å². The molecule has 3 heteroatoms. The number of nitrogens with zero attached hydrogens (tertiary/aromatic N) is 3. The first-order valence-corrected chi connectivity index (χ1v) is 22.9. The summed E-state index contributed by atoms with van der Waals surface area (Å²) < 4.78 is 0. The van der Waals surface area contributed by atoms with Gasteiger partial charge in [-0.3, -0.25) is 0 Å². The summed E-state index contributed by atoms with van der Waals surface area (Å²) in [5.41, 5.74) is 18.7. The van der Waals surface area contributed by atoms with Gasteiger partial charge in [-0.15, -0.1) is 0 Å². The molecule has 0 saturated carbocycles. The molecule has 0 unspecified atom stereocenters. The maximum Gasteiger partial charge on any atom is 0.160 e. The molecular formula is C64H41N3. The van der Waals surface area contributed by atoms with Crippen molar-refractivity contribution in [2.75, 3.05) is 0 Å². The molecule has 0 atom stereocenters. The first kappa shape index (κ1) is 38.6. The quantitative estimate of drug-likeness (QED) is 0.150. The van der Waals surface area contributed by atoms with Gasteiger partial charge in [0.1, 0.15) is 0 Å². The Hall–Kier alpha value is -8.79. The van der Waals surface area contributed by atoms with Crippen molar-refractivity contribution in [2.24, 2.45) is 0 Å². The van der Waals surface area contributed by atoms with Crippen LogP contribution in [-0.2, 0) is 5.41 Å². The van der Waals surface area contributed by atoms with Crippen LogP contribution in [0.4, 0.5) is 0 Å². The Morgan fingerprint density at radius 2 is 0.701 bits per heavy atom. The van der Waals surface area contributed by atoms with Gasteiger partial charge in [0.2, 0.25) is 0 Å². The Balaban J connectivity index is 0.890. The van der Waals surface area contributed by atoms with Gasteiger partial charge >= 0.3 is 0 Å². The van der Waals surface area contributed by atoms with Crippen LogP contribution in [0, 0.1) is 0 Å². The van der Waals surface area contributed by atoms with E-state index in [0.29, 0.717) is 5.82 Å². The molecule has 12 aromatic rings. The van der Waals surface area contributed by atoms with E-state index in [2.05, 4.69) is 237 Å². The van der Waals surface area contributed by atoms with Gasteiger partial charge in [-0.2, -0.15) is 0 Å². The second kappa shape index (κ2) is 15.7. The number of pyridine rings is 1. The Labute approximate surface area is 389 Å². The monoisotopic (exact) mass is 851 g/mol. The van der Waals surface area contributed by atoms with E-state index in [0.717, 1.165) is 66.4 Å². The maximum absolute atomic E-state index is 5.42. The number of fused-ring (bicyclic) bond motifs is 7. The number of hydrogen-bond donors (Lipinski definition) is 0. The van der Waals surface area contributed by atoms with Gasteiger partial charge in [-0.1, -0.05) is 224 Å². The first-order valence-electron chi connectivity index (χ1n) is 22.9. The lowest BCUT2D eigenvalue weighted by Gasteiger charge is -2.34. The highest BCUT2D eigenvalue weighted by Crippen LogP contribution is 2.57. The highest BCUT2D eigenvalue weighted by molar-refractivity contribution is 6.13. The standard InChI is InChI=1S/C64H41N3/c1-4-16-42(17-5-1)43-32-38-48(39-33-43)63-66-60-27-15-12-24-53(60)61(67-63)46-34-28-44(29-35-46)45-30-36-47(37-31-45)62-56-40-55-51-22-10-13-25-57(51)64(49-18-6-2-7-19-49,50-20-8-3-9-21-50)58(55)41-54(56)52-23-11-14-26-59(52)65-62/h1-41H. The summed E-state index contributed by atoms with van der Waals surface area (Å²) in [6, 6.07) is 89.4. The van der Waals surface area contributed by atoms with E-state index in [1.807, 2.05) is 12.1 Å². The molecule has 0 radical (unpaired) electrons. The van der Waals surface area contributed by atoms with Crippen molar-refractivity contribution in [2.45, 2.75) is 5.41 Å². The van der Waals surface area contributed by atoms with Crippen LogP contribution in [0.1, 0.15) is 22.3 Å². The normalized spacial score (nSPS) is 12.6. The van der Waals surface area contributed by atoms with Crippen molar-refractivity contribution in [3.63, 3.8) is 0 Å². The van der Waals surface area contributed by atoms with Crippen LogP contribution in [0.5, 0.6) is 0 Å². The largest absolute Gasteiger partial charge is 0.247 e. The van der Waals surface area contributed by atoms with Crippen molar-refractivity contribution in [1.82, 2.24) is 15.0 Å². The fraction of sp³-hybridized carbons (Fsp3) is 0.0156. The molecule has 2 aromatic heterocycles. The topological polar surface area (TPSA) is 38.7 Å². The highest BCUT2D eigenvalue weighted by Gasteiger charge is 2.46. The molecule has 0 fully saturated rings. The van der Waals surface area contributed by atoms with Gasteiger partial charge < -0.3 is 0 Å². The zero-order valence-corrected chi connectivity index (χ0v) is 36.5. The molecule has 0 bridgehead atoms. The molecule has 0 spiro atoms. The third-order valence-electron chi connectivity index (χ3n) is 13.8. The van der Waals surface area contributed by atoms with Crippen molar-refractivity contribution in [3.05, 3.63) is 271 Å². The molecule has 1 aliphatic rings. The lowest BCUT2D eigenvalue weighted by molar-refractivity contribution is 0.769. The van der Waals surface area contributed by atoms with E-state index < -0.39 is 5.41 Å². The fourth-order valence-corrected chi connectivity index (χ4v) is 10.6. The minimum atomic E-state index is -0.484. The highest BCUT2D eigenvalue weighted by atomic mass is 14.9. The Morgan fingerprint density at radius 1 is 0.254 bits per heavy atom.